The molecule has 0 radical (unpaired) electrons. The van der Waals surface area contributed by atoms with Crippen molar-refractivity contribution in [3.05, 3.63) is 66.7 Å². The van der Waals surface area contributed by atoms with Crippen molar-refractivity contribution in [2.45, 2.75) is 0 Å². The molecule has 0 saturated carbocycles. The van der Waals surface area contributed by atoms with Crippen LogP contribution in [0.25, 0.3) is 20.8 Å². The number of fused-ring (bicyclic) bond motifs is 1. The molecule has 0 bridgehead atoms. The van der Waals surface area contributed by atoms with Gasteiger partial charge in [-0.15, -0.1) is 11.3 Å². The number of carbonyl (C=O) groups is 1. The van der Waals surface area contributed by atoms with Gasteiger partial charge >= 0.3 is 0 Å². The van der Waals surface area contributed by atoms with E-state index in [2.05, 4.69) is 10.3 Å². The molecule has 0 aliphatic rings. The van der Waals surface area contributed by atoms with E-state index in [-0.39, 0.29) is 12.5 Å². The molecule has 152 valence electrons. The molecule has 0 unspecified atom stereocenters. The van der Waals surface area contributed by atoms with E-state index in [1.807, 2.05) is 42.5 Å². The highest BCUT2D eigenvalue weighted by Gasteiger charge is 2.12. The molecule has 4 rings (SSSR count). The highest BCUT2D eigenvalue weighted by Crippen LogP contribution is 2.35. The number of nitrogens with zero attached hydrogens (tertiary/aromatic N) is 1. The normalized spacial score (nSPS) is 10.6. The third kappa shape index (κ3) is 4.36. The van der Waals surface area contributed by atoms with E-state index < -0.39 is 0 Å². The number of hydrogen-bond acceptors (Lipinski definition) is 6. The summed E-state index contributed by atoms with van der Waals surface area (Å²) in [4.78, 5) is 17.0. The number of para-hydroxylation sites is 1. The van der Waals surface area contributed by atoms with E-state index in [1.54, 1.807) is 49.8 Å². The summed E-state index contributed by atoms with van der Waals surface area (Å²) in [5.74, 6) is 1.59. The van der Waals surface area contributed by atoms with Crippen molar-refractivity contribution in [2.24, 2.45) is 0 Å². The SMILES string of the molecule is COc1ccc(OCC(=O)Nc2ccc(-c3nc4ccccc4s3)cc2OC)cc1. The third-order valence-corrected chi connectivity index (χ3v) is 5.53. The Kier molecular flexibility index (Phi) is 5.81. The second-order valence-corrected chi connectivity index (χ2v) is 7.44. The number of rotatable bonds is 7. The summed E-state index contributed by atoms with van der Waals surface area (Å²) in [7, 11) is 3.17. The van der Waals surface area contributed by atoms with Gasteiger partial charge in [0.05, 0.1) is 30.1 Å². The lowest BCUT2D eigenvalue weighted by Gasteiger charge is -2.12. The van der Waals surface area contributed by atoms with E-state index in [0.29, 0.717) is 17.2 Å². The number of aromatic nitrogens is 1. The zero-order chi connectivity index (χ0) is 20.9. The first-order valence-electron chi connectivity index (χ1n) is 9.27. The summed E-state index contributed by atoms with van der Waals surface area (Å²) in [5, 5.41) is 3.73. The van der Waals surface area contributed by atoms with Gasteiger partial charge in [-0.1, -0.05) is 12.1 Å². The number of thiazole rings is 1. The Morgan fingerprint density at radius 2 is 1.73 bits per heavy atom. The molecule has 6 nitrogen and oxygen atoms in total. The predicted molar refractivity (Wildman–Crippen MR) is 119 cm³/mol. The largest absolute Gasteiger partial charge is 0.497 e. The predicted octanol–water partition coefficient (Wildman–Crippen LogP) is 5.00. The fourth-order valence-corrected chi connectivity index (χ4v) is 3.89. The van der Waals surface area contributed by atoms with Gasteiger partial charge in [0.25, 0.3) is 5.91 Å². The van der Waals surface area contributed by atoms with Gasteiger partial charge in [0.2, 0.25) is 0 Å². The van der Waals surface area contributed by atoms with E-state index in [0.717, 1.165) is 26.5 Å². The molecule has 1 heterocycles. The Hall–Kier alpha value is -3.58. The van der Waals surface area contributed by atoms with Crippen LogP contribution in [-0.4, -0.2) is 31.7 Å². The van der Waals surface area contributed by atoms with Crippen molar-refractivity contribution in [2.75, 3.05) is 26.1 Å². The minimum atomic E-state index is -0.281. The maximum atomic E-state index is 12.3. The lowest BCUT2D eigenvalue weighted by atomic mass is 10.2. The monoisotopic (exact) mass is 420 g/mol. The average Bonchev–Trinajstić information content (AvgIpc) is 3.22. The van der Waals surface area contributed by atoms with E-state index in [1.165, 1.54) is 0 Å². The van der Waals surface area contributed by atoms with Gasteiger partial charge in [0, 0.05) is 5.56 Å². The summed E-state index contributed by atoms with van der Waals surface area (Å²) >= 11 is 1.61. The Morgan fingerprint density at radius 1 is 0.967 bits per heavy atom. The zero-order valence-corrected chi connectivity index (χ0v) is 17.4. The number of amides is 1. The molecule has 4 aromatic rings. The van der Waals surface area contributed by atoms with Crippen LogP contribution in [0.3, 0.4) is 0 Å². The molecule has 0 aliphatic heterocycles. The van der Waals surface area contributed by atoms with E-state index >= 15 is 0 Å². The number of ether oxygens (including phenoxy) is 3. The van der Waals surface area contributed by atoms with Crippen molar-refractivity contribution in [3.63, 3.8) is 0 Å². The maximum absolute atomic E-state index is 12.3. The van der Waals surface area contributed by atoms with Crippen LogP contribution in [0.5, 0.6) is 17.2 Å². The Morgan fingerprint density at radius 3 is 2.47 bits per heavy atom. The Bertz CT molecular complexity index is 1140. The van der Waals surface area contributed by atoms with Gasteiger partial charge in [-0.2, -0.15) is 0 Å². The van der Waals surface area contributed by atoms with Crippen molar-refractivity contribution in [1.29, 1.82) is 0 Å². The first-order chi connectivity index (χ1) is 14.7. The van der Waals surface area contributed by atoms with Crippen molar-refractivity contribution >= 4 is 33.1 Å². The van der Waals surface area contributed by atoms with E-state index in [4.69, 9.17) is 14.2 Å². The lowest BCUT2D eigenvalue weighted by molar-refractivity contribution is -0.118. The number of nitrogens with one attached hydrogen (secondary N) is 1. The van der Waals surface area contributed by atoms with Crippen LogP contribution in [-0.2, 0) is 4.79 Å². The average molecular weight is 420 g/mol. The Labute approximate surface area is 178 Å². The molecule has 30 heavy (non-hydrogen) atoms. The van der Waals surface area contributed by atoms with Gasteiger partial charge < -0.3 is 19.5 Å². The van der Waals surface area contributed by atoms with Crippen LogP contribution in [0.2, 0.25) is 0 Å². The number of hydrogen-bond donors (Lipinski definition) is 1. The maximum Gasteiger partial charge on any atom is 0.262 e. The van der Waals surface area contributed by atoms with Crippen LogP contribution in [0.15, 0.2) is 66.7 Å². The highest BCUT2D eigenvalue weighted by atomic mass is 32.1. The van der Waals surface area contributed by atoms with Crippen LogP contribution in [0.1, 0.15) is 0 Å². The summed E-state index contributed by atoms with van der Waals surface area (Å²) in [5.41, 5.74) is 2.47. The van der Waals surface area contributed by atoms with Crippen LogP contribution < -0.4 is 19.5 Å². The van der Waals surface area contributed by atoms with Crippen molar-refractivity contribution in [1.82, 2.24) is 4.98 Å². The molecule has 0 atom stereocenters. The minimum Gasteiger partial charge on any atom is -0.497 e. The van der Waals surface area contributed by atoms with Gasteiger partial charge in [-0.05, 0) is 54.6 Å². The number of benzene rings is 3. The third-order valence-electron chi connectivity index (χ3n) is 4.45. The number of methoxy groups -OCH3 is 2. The highest BCUT2D eigenvalue weighted by molar-refractivity contribution is 7.21. The molecule has 1 aromatic heterocycles. The molecule has 7 heteroatoms. The first-order valence-corrected chi connectivity index (χ1v) is 10.1. The molecule has 3 aromatic carbocycles. The van der Waals surface area contributed by atoms with Gasteiger partial charge in [0.1, 0.15) is 22.3 Å². The molecule has 0 aliphatic carbocycles. The molecule has 0 saturated heterocycles. The minimum absolute atomic E-state index is 0.116. The second-order valence-electron chi connectivity index (χ2n) is 6.41. The quantitative estimate of drug-likeness (QED) is 0.456. The number of carbonyl (C=O) groups excluding carboxylic acids is 1. The lowest BCUT2D eigenvalue weighted by Crippen LogP contribution is -2.20. The molecular formula is C23H20N2O4S. The summed E-state index contributed by atoms with van der Waals surface area (Å²) in [6, 6.07) is 20.7. The number of anilines is 1. The fraction of sp³-hybridized carbons (Fsp3) is 0.130. The van der Waals surface area contributed by atoms with E-state index in [9.17, 15) is 4.79 Å². The van der Waals surface area contributed by atoms with Crippen LogP contribution in [0.4, 0.5) is 5.69 Å². The molecular weight excluding hydrogens is 400 g/mol. The molecule has 1 N–H and O–H groups in total. The van der Waals surface area contributed by atoms with Gasteiger partial charge in [0.15, 0.2) is 6.61 Å². The van der Waals surface area contributed by atoms with Crippen molar-refractivity contribution in [3.8, 4) is 27.8 Å². The van der Waals surface area contributed by atoms with Crippen LogP contribution in [0, 0.1) is 0 Å². The first kappa shape index (κ1) is 19.7. The van der Waals surface area contributed by atoms with Crippen molar-refractivity contribution < 1.29 is 19.0 Å². The summed E-state index contributed by atoms with van der Waals surface area (Å²) in [6.07, 6.45) is 0. The summed E-state index contributed by atoms with van der Waals surface area (Å²) in [6.45, 7) is -0.116. The topological polar surface area (TPSA) is 69.7 Å². The molecule has 1 amide bonds. The molecule has 0 spiro atoms. The smallest absolute Gasteiger partial charge is 0.262 e. The standard InChI is InChI=1S/C23H20N2O4S/c1-27-16-8-10-17(11-9-16)29-14-22(26)24-18-12-7-15(13-20(18)28-2)23-25-19-5-3-4-6-21(19)30-23/h3-13H,14H2,1-2H3,(H,24,26). The molecule has 0 fully saturated rings. The second kappa shape index (κ2) is 8.84. The van der Waals surface area contributed by atoms with Gasteiger partial charge in [-0.3, -0.25) is 4.79 Å². The Balaban J connectivity index is 1.45. The fourth-order valence-electron chi connectivity index (χ4n) is 2.93. The zero-order valence-electron chi connectivity index (χ0n) is 16.5. The van der Waals surface area contributed by atoms with Gasteiger partial charge in [-0.25, -0.2) is 4.98 Å². The summed E-state index contributed by atoms with van der Waals surface area (Å²) < 4.78 is 17.2. The van der Waals surface area contributed by atoms with Crippen LogP contribution >= 0.6 is 11.3 Å².